The van der Waals surface area contributed by atoms with Crippen LogP contribution in [0, 0.1) is 0 Å². The first kappa shape index (κ1) is 22.2. The SMILES string of the molecule is CCOc1ccccc1Oc1cnc(N)nc1-c1ccc(OCc2cccc(Cl)c2)cc1O. The Morgan fingerprint density at radius 2 is 1.76 bits per heavy atom. The summed E-state index contributed by atoms with van der Waals surface area (Å²) in [6.07, 6.45) is 1.46. The molecule has 0 aliphatic rings. The zero-order valence-corrected chi connectivity index (χ0v) is 18.6. The molecule has 0 saturated heterocycles. The Balaban J connectivity index is 1.60. The first-order chi connectivity index (χ1) is 16.0. The monoisotopic (exact) mass is 463 g/mol. The van der Waals surface area contributed by atoms with Gasteiger partial charge in [-0.15, -0.1) is 0 Å². The molecule has 4 rings (SSSR count). The number of nitrogen functional groups attached to an aromatic ring is 1. The molecule has 0 unspecified atom stereocenters. The molecule has 0 amide bonds. The second kappa shape index (κ2) is 10.1. The highest BCUT2D eigenvalue weighted by Gasteiger charge is 2.17. The summed E-state index contributed by atoms with van der Waals surface area (Å²) in [7, 11) is 0. The molecule has 0 radical (unpaired) electrons. The van der Waals surface area contributed by atoms with Crippen molar-refractivity contribution >= 4 is 17.5 Å². The van der Waals surface area contributed by atoms with Gasteiger partial charge in [0.05, 0.1) is 12.8 Å². The fourth-order valence-electron chi connectivity index (χ4n) is 3.17. The number of nitrogens with two attached hydrogens (primary N) is 1. The van der Waals surface area contributed by atoms with Crippen LogP contribution >= 0.6 is 11.6 Å². The molecule has 7 nitrogen and oxygen atoms in total. The molecule has 3 N–H and O–H groups in total. The summed E-state index contributed by atoms with van der Waals surface area (Å²) in [5.74, 6) is 1.89. The fraction of sp³-hybridized carbons (Fsp3) is 0.120. The van der Waals surface area contributed by atoms with E-state index in [1.54, 1.807) is 30.3 Å². The molecule has 4 aromatic rings. The van der Waals surface area contributed by atoms with Crippen LogP contribution in [0.3, 0.4) is 0 Å². The van der Waals surface area contributed by atoms with Crippen LogP contribution in [0.5, 0.6) is 28.7 Å². The number of phenols is 1. The molecule has 0 atom stereocenters. The van der Waals surface area contributed by atoms with Crippen molar-refractivity contribution in [2.45, 2.75) is 13.5 Å². The van der Waals surface area contributed by atoms with E-state index in [4.69, 9.17) is 31.5 Å². The Hall–Kier alpha value is -3.97. The van der Waals surface area contributed by atoms with Crippen LogP contribution in [0.25, 0.3) is 11.3 Å². The lowest BCUT2D eigenvalue weighted by Gasteiger charge is -2.15. The Morgan fingerprint density at radius 1 is 0.939 bits per heavy atom. The number of rotatable bonds is 8. The minimum atomic E-state index is -0.0420. The quantitative estimate of drug-likeness (QED) is 0.338. The highest BCUT2D eigenvalue weighted by molar-refractivity contribution is 6.30. The van der Waals surface area contributed by atoms with E-state index < -0.39 is 0 Å². The van der Waals surface area contributed by atoms with Gasteiger partial charge in [-0.25, -0.2) is 9.97 Å². The molecule has 8 heteroatoms. The standard InChI is InChI=1S/C25H22ClN3O4/c1-2-31-21-8-3-4-9-22(21)33-23-14-28-25(27)29-24(23)19-11-10-18(13-20(19)30)32-15-16-6-5-7-17(26)12-16/h3-14,30H,2,15H2,1H3,(H2,27,28,29). The lowest BCUT2D eigenvalue weighted by atomic mass is 10.1. The van der Waals surface area contributed by atoms with Crippen molar-refractivity contribution in [3.8, 4) is 40.0 Å². The van der Waals surface area contributed by atoms with Gasteiger partial charge in [0, 0.05) is 16.7 Å². The number of anilines is 1. The lowest BCUT2D eigenvalue weighted by molar-refractivity contribution is 0.304. The van der Waals surface area contributed by atoms with E-state index in [-0.39, 0.29) is 11.7 Å². The summed E-state index contributed by atoms with van der Waals surface area (Å²) >= 11 is 6.02. The van der Waals surface area contributed by atoms with Crippen molar-refractivity contribution in [1.29, 1.82) is 0 Å². The third-order valence-electron chi connectivity index (χ3n) is 4.66. The molecule has 0 bridgehead atoms. The number of ether oxygens (including phenoxy) is 3. The van der Waals surface area contributed by atoms with Crippen molar-refractivity contribution in [2.24, 2.45) is 0 Å². The molecule has 0 aliphatic carbocycles. The van der Waals surface area contributed by atoms with Crippen LogP contribution in [0.15, 0.2) is 72.9 Å². The van der Waals surface area contributed by atoms with Gasteiger partial charge in [-0.3, -0.25) is 0 Å². The van der Waals surface area contributed by atoms with Crippen LogP contribution in [-0.2, 0) is 6.61 Å². The Morgan fingerprint density at radius 3 is 2.52 bits per heavy atom. The first-order valence-electron chi connectivity index (χ1n) is 10.3. The van der Waals surface area contributed by atoms with Gasteiger partial charge in [0.25, 0.3) is 0 Å². The van der Waals surface area contributed by atoms with E-state index in [1.807, 2.05) is 37.3 Å². The summed E-state index contributed by atoms with van der Waals surface area (Å²) in [6, 6.07) is 19.6. The van der Waals surface area contributed by atoms with Gasteiger partial charge in [0.1, 0.15) is 23.8 Å². The lowest BCUT2D eigenvalue weighted by Crippen LogP contribution is -2.01. The van der Waals surface area contributed by atoms with Gasteiger partial charge in [0.15, 0.2) is 17.2 Å². The third-order valence-corrected chi connectivity index (χ3v) is 4.90. The van der Waals surface area contributed by atoms with Crippen molar-refractivity contribution < 1.29 is 19.3 Å². The number of para-hydroxylation sites is 2. The predicted molar refractivity (Wildman–Crippen MR) is 127 cm³/mol. The van der Waals surface area contributed by atoms with Gasteiger partial charge in [-0.1, -0.05) is 35.9 Å². The minimum absolute atomic E-state index is 0.0420. The summed E-state index contributed by atoms with van der Waals surface area (Å²) in [4.78, 5) is 8.33. The molecule has 0 saturated carbocycles. The molecule has 1 heterocycles. The van der Waals surface area contributed by atoms with Gasteiger partial charge in [-0.05, 0) is 48.9 Å². The van der Waals surface area contributed by atoms with E-state index in [9.17, 15) is 5.11 Å². The minimum Gasteiger partial charge on any atom is -0.507 e. The predicted octanol–water partition coefficient (Wildman–Crippen LogP) is 5.85. The number of halogens is 1. The molecular formula is C25H22ClN3O4. The largest absolute Gasteiger partial charge is 0.507 e. The topological polar surface area (TPSA) is 99.7 Å². The Bertz CT molecular complexity index is 1270. The maximum absolute atomic E-state index is 10.7. The van der Waals surface area contributed by atoms with Crippen LogP contribution < -0.4 is 19.9 Å². The van der Waals surface area contributed by atoms with Crippen molar-refractivity contribution in [2.75, 3.05) is 12.3 Å². The van der Waals surface area contributed by atoms with Crippen molar-refractivity contribution in [1.82, 2.24) is 9.97 Å². The van der Waals surface area contributed by atoms with E-state index >= 15 is 0 Å². The van der Waals surface area contributed by atoms with Crippen molar-refractivity contribution in [3.05, 3.63) is 83.5 Å². The summed E-state index contributed by atoms with van der Waals surface area (Å²) in [6.45, 7) is 2.69. The number of nitrogens with zero attached hydrogens (tertiary/aromatic N) is 2. The maximum Gasteiger partial charge on any atom is 0.220 e. The molecule has 0 fully saturated rings. The van der Waals surface area contributed by atoms with Crippen LogP contribution in [0.1, 0.15) is 12.5 Å². The molecule has 1 aromatic heterocycles. The number of benzene rings is 3. The van der Waals surface area contributed by atoms with Crippen molar-refractivity contribution in [3.63, 3.8) is 0 Å². The van der Waals surface area contributed by atoms with Gasteiger partial charge in [-0.2, -0.15) is 0 Å². The number of phenolic OH excluding ortho intramolecular Hbond substituents is 1. The Labute approximate surface area is 196 Å². The van der Waals surface area contributed by atoms with E-state index in [1.165, 1.54) is 12.3 Å². The average molecular weight is 464 g/mol. The third kappa shape index (κ3) is 5.45. The second-order valence-electron chi connectivity index (χ2n) is 7.02. The van der Waals surface area contributed by atoms with Crippen LogP contribution in [0.4, 0.5) is 5.95 Å². The normalized spacial score (nSPS) is 10.6. The maximum atomic E-state index is 10.7. The number of aromatic hydroxyl groups is 1. The Kier molecular flexibility index (Phi) is 6.80. The smallest absolute Gasteiger partial charge is 0.220 e. The van der Waals surface area contributed by atoms with E-state index in [0.717, 1.165) is 5.56 Å². The number of hydrogen-bond donors (Lipinski definition) is 2. The first-order valence-corrected chi connectivity index (χ1v) is 10.6. The summed E-state index contributed by atoms with van der Waals surface area (Å²) in [5, 5.41) is 11.4. The van der Waals surface area contributed by atoms with Crippen LogP contribution in [-0.4, -0.2) is 21.7 Å². The van der Waals surface area contributed by atoms with Crippen LogP contribution in [0.2, 0.25) is 5.02 Å². The summed E-state index contributed by atoms with van der Waals surface area (Å²) in [5.41, 5.74) is 7.50. The number of hydrogen-bond acceptors (Lipinski definition) is 7. The van der Waals surface area contributed by atoms with E-state index in [2.05, 4.69) is 9.97 Å². The average Bonchev–Trinajstić information content (AvgIpc) is 2.80. The van der Waals surface area contributed by atoms with Gasteiger partial charge < -0.3 is 25.1 Å². The molecule has 0 spiro atoms. The molecule has 168 valence electrons. The summed E-state index contributed by atoms with van der Waals surface area (Å²) < 4.78 is 17.5. The second-order valence-corrected chi connectivity index (χ2v) is 7.46. The fourth-order valence-corrected chi connectivity index (χ4v) is 3.39. The molecular weight excluding hydrogens is 442 g/mol. The van der Waals surface area contributed by atoms with Gasteiger partial charge in [0.2, 0.25) is 5.95 Å². The zero-order chi connectivity index (χ0) is 23.2. The number of aromatic nitrogens is 2. The molecule has 3 aromatic carbocycles. The van der Waals surface area contributed by atoms with E-state index in [0.29, 0.717) is 52.5 Å². The highest BCUT2D eigenvalue weighted by atomic mass is 35.5. The highest BCUT2D eigenvalue weighted by Crippen LogP contribution is 2.40. The molecule has 0 aliphatic heterocycles. The van der Waals surface area contributed by atoms with Gasteiger partial charge >= 0.3 is 0 Å². The zero-order valence-electron chi connectivity index (χ0n) is 17.9. The molecule has 33 heavy (non-hydrogen) atoms.